The van der Waals surface area contributed by atoms with Crippen LogP contribution in [0.4, 0.5) is 4.39 Å². The van der Waals surface area contributed by atoms with E-state index < -0.39 is 5.97 Å². The quantitative estimate of drug-likeness (QED) is 0.913. The van der Waals surface area contributed by atoms with Gasteiger partial charge in [0.05, 0.1) is 0 Å². The average Bonchev–Trinajstić information content (AvgIpc) is 2.76. The van der Waals surface area contributed by atoms with E-state index in [0.717, 1.165) is 5.56 Å². The van der Waals surface area contributed by atoms with Crippen LogP contribution in [0.1, 0.15) is 15.9 Å². The molecular formula is C18H18FNO4. The number of benzene rings is 2. The molecule has 0 unspecified atom stereocenters. The molecule has 0 aliphatic carbocycles. The third-order valence-corrected chi connectivity index (χ3v) is 3.87. The molecule has 0 spiro atoms. The molecule has 1 aliphatic rings. The molecule has 6 heteroatoms. The van der Waals surface area contributed by atoms with Gasteiger partial charge in [-0.2, -0.15) is 0 Å². The lowest BCUT2D eigenvalue weighted by atomic mass is 10.2. The minimum absolute atomic E-state index is 0.150. The van der Waals surface area contributed by atoms with Gasteiger partial charge in [-0.15, -0.1) is 0 Å². The topological polar surface area (TPSA) is 59.0 Å². The van der Waals surface area contributed by atoms with Gasteiger partial charge >= 0.3 is 5.97 Å². The Morgan fingerprint density at radius 3 is 2.96 bits per heavy atom. The van der Waals surface area contributed by atoms with Crippen molar-refractivity contribution in [1.29, 1.82) is 0 Å². The number of halogens is 1. The molecule has 0 atom stereocenters. The van der Waals surface area contributed by atoms with Crippen molar-refractivity contribution in [1.82, 2.24) is 4.90 Å². The van der Waals surface area contributed by atoms with Crippen molar-refractivity contribution >= 4 is 5.97 Å². The Bertz CT molecular complexity index is 735. The number of rotatable bonds is 5. The van der Waals surface area contributed by atoms with Gasteiger partial charge in [-0.05, 0) is 18.2 Å². The number of carboxylic acid groups (broad SMARTS) is 1. The van der Waals surface area contributed by atoms with Crippen molar-refractivity contribution in [2.24, 2.45) is 0 Å². The Hall–Kier alpha value is -2.60. The molecule has 0 saturated carbocycles. The Labute approximate surface area is 139 Å². The second-order valence-electron chi connectivity index (χ2n) is 5.53. The number of carboxylic acids is 1. The number of aromatic carboxylic acids is 1. The molecule has 1 heterocycles. The molecule has 0 aromatic heterocycles. The highest BCUT2D eigenvalue weighted by Gasteiger charge is 2.16. The molecule has 126 valence electrons. The van der Waals surface area contributed by atoms with Crippen LogP contribution in [0.25, 0.3) is 0 Å². The summed E-state index contributed by atoms with van der Waals surface area (Å²) in [6.07, 6.45) is 0. The molecule has 0 saturated heterocycles. The van der Waals surface area contributed by atoms with Gasteiger partial charge in [0.15, 0.2) is 0 Å². The molecule has 3 rings (SSSR count). The number of carbonyl (C=O) groups is 1. The van der Waals surface area contributed by atoms with Gasteiger partial charge in [-0.3, -0.25) is 4.90 Å². The zero-order chi connectivity index (χ0) is 16.9. The lowest BCUT2D eigenvalue weighted by Crippen LogP contribution is -2.30. The van der Waals surface area contributed by atoms with Gasteiger partial charge in [-0.1, -0.05) is 18.2 Å². The number of ether oxygens (including phenoxy) is 2. The van der Waals surface area contributed by atoms with E-state index in [1.54, 1.807) is 24.3 Å². The highest BCUT2D eigenvalue weighted by atomic mass is 19.1. The fourth-order valence-corrected chi connectivity index (χ4v) is 2.64. The first-order chi connectivity index (χ1) is 11.6. The SMILES string of the molecule is O=C(O)c1ccccc1OCCN1CCOc2cc(F)ccc2C1. The molecule has 0 bridgehead atoms. The zero-order valence-corrected chi connectivity index (χ0v) is 13.1. The second-order valence-corrected chi connectivity index (χ2v) is 5.53. The van der Waals surface area contributed by atoms with Gasteiger partial charge in [0.25, 0.3) is 0 Å². The minimum Gasteiger partial charge on any atom is -0.492 e. The van der Waals surface area contributed by atoms with Crippen LogP contribution < -0.4 is 9.47 Å². The lowest BCUT2D eigenvalue weighted by Gasteiger charge is -2.19. The molecule has 1 aliphatic heterocycles. The Morgan fingerprint density at radius 2 is 2.12 bits per heavy atom. The Balaban J connectivity index is 1.59. The summed E-state index contributed by atoms with van der Waals surface area (Å²) in [7, 11) is 0. The van der Waals surface area contributed by atoms with Crippen LogP contribution in [0.5, 0.6) is 11.5 Å². The van der Waals surface area contributed by atoms with Crippen LogP contribution in [0, 0.1) is 5.82 Å². The number of hydrogen-bond donors (Lipinski definition) is 1. The summed E-state index contributed by atoms with van der Waals surface area (Å²) in [5.41, 5.74) is 1.08. The highest BCUT2D eigenvalue weighted by Crippen LogP contribution is 2.24. The van der Waals surface area contributed by atoms with Crippen LogP contribution >= 0.6 is 0 Å². The molecule has 1 N–H and O–H groups in total. The van der Waals surface area contributed by atoms with E-state index in [-0.39, 0.29) is 11.4 Å². The maximum absolute atomic E-state index is 13.3. The van der Waals surface area contributed by atoms with Gasteiger partial charge in [0.2, 0.25) is 0 Å². The maximum atomic E-state index is 13.3. The fourth-order valence-electron chi connectivity index (χ4n) is 2.64. The summed E-state index contributed by atoms with van der Waals surface area (Å²) in [5.74, 6) is -0.381. The number of nitrogens with zero attached hydrogens (tertiary/aromatic N) is 1. The van der Waals surface area contributed by atoms with Crippen molar-refractivity contribution in [3.63, 3.8) is 0 Å². The molecule has 0 amide bonds. The van der Waals surface area contributed by atoms with Gasteiger partial charge in [0.1, 0.15) is 36.1 Å². The Kier molecular flexibility index (Phi) is 4.96. The van der Waals surface area contributed by atoms with Crippen molar-refractivity contribution in [2.75, 3.05) is 26.3 Å². The molecule has 5 nitrogen and oxygen atoms in total. The summed E-state index contributed by atoms with van der Waals surface area (Å²) in [5, 5.41) is 9.14. The summed E-state index contributed by atoms with van der Waals surface area (Å²) in [6, 6.07) is 11.1. The number of hydrogen-bond acceptors (Lipinski definition) is 4. The van der Waals surface area contributed by atoms with Crippen molar-refractivity contribution in [3.05, 3.63) is 59.4 Å². The van der Waals surface area contributed by atoms with E-state index >= 15 is 0 Å². The largest absolute Gasteiger partial charge is 0.492 e. The van der Waals surface area contributed by atoms with Crippen molar-refractivity contribution < 1.29 is 23.8 Å². The van der Waals surface area contributed by atoms with Crippen LogP contribution in [0.15, 0.2) is 42.5 Å². The van der Waals surface area contributed by atoms with E-state index in [1.807, 2.05) is 0 Å². The number of para-hydroxylation sites is 1. The monoisotopic (exact) mass is 331 g/mol. The predicted octanol–water partition coefficient (Wildman–Crippen LogP) is 2.80. The first-order valence-electron chi connectivity index (χ1n) is 7.72. The molecule has 0 fully saturated rings. The maximum Gasteiger partial charge on any atom is 0.339 e. The summed E-state index contributed by atoms with van der Waals surface area (Å²) >= 11 is 0. The summed E-state index contributed by atoms with van der Waals surface area (Å²) in [4.78, 5) is 13.3. The second kappa shape index (κ2) is 7.31. The summed E-state index contributed by atoms with van der Waals surface area (Å²) in [6.45, 7) is 2.79. The molecule has 2 aromatic rings. The van der Waals surface area contributed by atoms with Gasteiger partial charge < -0.3 is 14.6 Å². The minimum atomic E-state index is -1.01. The fraction of sp³-hybridized carbons (Fsp3) is 0.278. The normalized spacial score (nSPS) is 14.4. The van der Waals surface area contributed by atoms with Crippen LogP contribution in [0.3, 0.4) is 0 Å². The van der Waals surface area contributed by atoms with Gasteiger partial charge in [0, 0.05) is 31.3 Å². The van der Waals surface area contributed by atoms with Crippen molar-refractivity contribution in [3.8, 4) is 11.5 Å². The molecule has 24 heavy (non-hydrogen) atoms. The zero-order valence-electron chi connectivity index (χ0n) is 13.1. The average molecular weight is 331 g/mol. The van der Waals surface area contributed by atoms with E-state index in [4.69, 9.17) is 14.6 Å². The van der Waals surface area contributed by atoms with Gasteiger partial charge in [-0.25, -0.2) is 9.18 Å². The first kappa shape index (κ1) is 16.3. The molecular weight excluding hydrogens is 313 g/mol. The highest BCUT2D eigenvalue weighted by molar-refractivity contribution is 5.90. The third-order valence-electron chi connectivity index (χ3n) is 3.87. The number of fused-ring (bicyclic) bond motifs is 1. The van der Waals surface area contributed by atoms with E-state index in [1.165, 1.54) is 18.2 Å². The van der Waals surface area contributed by atoms with E-state index in [2.05, 4.69) is 4.90 Å². The summed E-state index contributed by atoms with van der Waals surface area (Å²) < 4.78 is 24.5. The predicted molar refractivity (Wildman–Crippen MR) is 86.1 cm³/mol. The molecule has 0 radical (unpaired) electrons. The van der Waals surface area contributed by atoms with Crippen LogP contribution in [0.2, 0.25) is 0 Å². The van der Waals surface area contributed by atoms with E-state index in [0.29, 0.717) is 44.3 Å². The standard InChI is InChI=1S/C18H18FNO4/c19-14-6-5-13-12-20(8-10-24-17(13)11-14)7-9-23-16-4-2-1-3-15(16)18(21)22/h1-6,11H,7-10,12H2,(H,21,22). The lowest BCUT2D eigenvalue weighted by molar-refractivity contribution is 0.0691. The molecule has 2 aromatic carbocycles. The van der Waals surface area contributed by atoms with Crippen LogP contribution in [-0.4, -0.2) is 42.3 Å². The van der Waals surface area contributed by atoms with Crippen LogP contribution in [-0.2, 0) is 6.54 Å². The van der Waals surface area contributed by atoms with Crippen molar-refractivity contribution in [2.45, 2.75) is 6.54 Å². The smallest absolute Gasteiger partial charge is 0.339 e. The van der Waals surface area contributed by atoms with E-state index in [9.17, 15) is 9.18 Å². The Morgan fingerprint density at radius 1 is 1.29 bits per heavy atom. The third kappa shape index (κ3) is 3.83. The first-order valence-corrected chi connectivity index (χ1v) is 7.72.